The minimum Gasteiger partial charge on any atom is -0.507 e. The molecule has 0 unspecified atom stereocenters. The molecule has 0 radical (unpaired) electrons. The molecule has 0 aromatic heterocycles. The Kier molecular flexibility index (Phi) is 4.40. The van der Waals surface area contributed by atoms with Gasteiger partial charge in [-0.25, -0.2) is 0 Å². The number of aromatic hydroxyl groups is 1. The Morgan fingerprint density at radius 2 is 2.06 bits per heavy atom. The second-order valence-electron chi connectivity index (χ2n) is 4.03. The standard InChI is InChI=1S/C13H19NO3/c1-8(2)5-10(14)13-11(15)6-9(16-3)7-12(13)17-4/h6-7,10,15H,1,5,14H2,2-4H3/t10-/m1/s1. The van der Waals surface area contributed by atoms with E-state index in [0.717, 1.165) is 5.57 Å². The van der Waals surface area contributed by atoms with Crippen LogP contribution >= 0.6 is 0 Å². The fourth-order valence-electron chi connectivity index (χ4n) is 1.72. The number of phenols is 1. The van der Waals surface area contributed by atoms with E-state index in [9.17, 15) is 5.11 Å². The first-order chi connectivity index (χ1) is 7.99. The Bertz CT molecular complexity index is 415. The number of rotatable bonds is 5. The summed E-state index contributed by atoms with van der Waals surface area (Å²) >= 11 is 0. The number of benzene rings is 1. The van der Waals surface area contributed by atoms with Crippen molar-refractivity contribution in [2.75, 3.05) is 14.2 Å². The van der Waals surface area contributed by atoms with Gasteiger partial charge in [0.2, 0.25) is 0 Å². The molecule has 0 fully saturated rings. The summed E-state index contributed by atoms with van der Waals surface area (Å²) in [5, 5.41) is 9.95. The van der Waals surface area contributed by atoms with Crippen molar-refractivity contribution in [2.24, 2.45) is 5.73 Å². The van der Waals surface area contributed by atoms with Crippen LogP contribution in [0, 0.1) is 0 Å². The second kappa shape index (κ2) is 5.59. The van der Waals surface area contributed by atoms with Gasteiger partial charge in [0.1, 0.15) is 17.2 Å². The number of hydrogen-bond acceptors (Lipinski definition) is 4. The molecule has 0 spiro atoms. The maximum absolute atomic E-state index is 9.95. The number of ether oxygens (including phenoxy) is 2. The Labute approximate surface area is 102 Å². The van der Waals surface area contributed by atoms with E-state index in [1.165, 1.54) is 20.3 Å². The fourth-order valence-corrected chi connectivity index (χ4v) is 1.72. The maximum atomic E-state index is 9.95. The maximum Gasteiger partial charge on any atom is 0.131 e. The molecule has 0 aliphatic carbocycles. The lowest BCUT2D eigenvalue weighted by atomic mass is 9.99. The normalized spacial score (nSPS) is 12.0. The van der Waals surface area contributed by atoms with Crippen LogP contribution in [0.25, 0.3) is 0 Å². The first kappa shape index (κ1) is 13.4. The molecule has 94 valence electrons. The first-order valence-corrected chi connectivity index (χ1v) is 5.34. The highest BCUT2D eigenvalue weighted by Crippen LogP contribution is 2.38. The monoisotopic (exact) mass is 237 g/mol. The van der Waals surface area contributed by atoms with Gasteiger partial charge in [0.25, 0.3) is 0 Å². The average molecular weight is 237 g/mol. The zero-order valence-electron chi connectivity index (χ0n) is 10.5. The van der Waals surface area contributed by atoms with E-state index in [1.54, 1.807) is 6.07 Å². The van der Waals surface area contributed by atoms with Crippen molar-refractivity contribution < 1.29 is 14.6 Å². The van der Waals surface area contributed by atoms with Gasteiger partial charge in [-0.2, -0.15) is 0 Å². The Balaban J connectivity index is 3.17. The van der Waals surface area contributed by atoms with E-state index >= 15 is 0 Å². The lowest BCUT2D eigenvalue weighted by Gasteiger charge is -2.18. The lowest BCUT2D eigenvalue weighted by Crippen LogP contribution is -2.12. The molecule has 1 aromatic rings. The number of hydrogen-bond donors (Lipinski definition) is 2. The molecule has 0 saturated carbocycles. The molecule has 1 rings (SSSR count). The van der Waals surface area contributed by atoms with Crippen LogP contribution in [0.1, 0.15) is 24.9 Å². The molecule has 3 N–H and O–H groups in total. The van der Waals surface area contributed by atoms with Gasteiger partial charge >= 0.3 is 0 Å². The van der Waals surface area contributed by atoms with Gasteiger partial charge in [0.15, 0.2) is 0 Å². The highest BCUT2D eigenvalue weighted by Gasteiger charge is 2.18. The number of methoxy groups -OCH3 is 2. The molecule has 0 saturated heterocycles. The lowest BCUT2D eigenvalue weighted by molar-refractivity contribution is 0.375. The van der Waals surface area contributed by atoms with Crippen LogP contribution in [0.5, 0.6) is 17.2 Å². The van der Waals surface area contributed by atoms with Gasteiger partial charge in [-0.3, -0.25) is 0 Å². The quantitative estimate of drug-likeness (QED) is 0.772. The summed E-state index contributed by atoms with van der Waals surface area (Å²) in [6.45, 7) is 5.71. The fraction of sp³-hybridized carbons (Fsp3) is 0.385. The molecule has 4 nitrogen and oxygen atoms in total. The molecular formula is C13H19NO3. The zero-order chi connectivity index (χ0) is 13.0. The predicted molar refractivity (Wildman–Crippen MR) is 67.6 cm³/mol. The van der Waals surface area contributed by atoms with Crippen molar-refractivity contribution in [3.63, 3.8) is 0 Å². The van der Waals surface area contributed by atoms with Crippen LogP contribution in [0.2, 0.25) is 0 Å². The third-order valence-corrected chi connectivity index (χ3v) is 2.49. The minimum atomic E-state index is -0.339. The van der Waals surface area contributed by atoms with Gasteiger partial charge in [-0.05, 0) is 13.3 Å². The van der Waals surface area contributed by atoms with Crippen LogP contribution in [0.4, 0.5) is 0 Å². The number of phenolic OH excluding ortho intramolecular Hbond substituents is 1. The summed E-state index contributed by atoms with van der Waals surface area (Å²) in [4.78, 5) is 0. The van der Waals surface area contributed by atoms with E-state index in [-0.39, 0.29) is 11.8 Å². The molecule has 0 bridgehead atoms. The van der Waals surface area contributed by atoms with Crippen LogP contribution in [-0.2, 0) is 0 Å². The Morgan fingerprint density at radius 3 is 2.53 bits per heavy atom. The average Bonchev–Trinajstić information content (AvgIpc) is 2.26. The van der Waals surface area contributed by atoms with Gasteiger partial charge in [0, 0.05) is 18.2 Å². The largest absolute Gasteiger partial charge is 0.507 e. The van der Waals surface area contributed by atoms with Crippen molar-refractivity contribution >= 4 is 0 Å². The third-order valence-electron chi connectivity index (χ3n) is 2.49. The van der Waals surface area contributed by atoms with Gasteiger partial charge in [0.05, 0.1) is 19.8 Å². The topological polar surface area (TPSA) is 64.7 Å². The summed E-state index contributed by atoms with van der Waals surface area (Å²) in [6.07, 6.45) is 0.594. The van der Waals surface area contributed by atoms with Gasteiger partial charge in [-0.15, -0.1) is 6.58 Å². The summed E-state index contributed by atoms with van der Waals surface area (Å²) < 4.78 is 10.3. The van der Waals surface area contributed by atoms with Crippen LogP contribution in [0.3, 0.4) is 0 Å². The summed E-state index contributed by atoms with van der Waals surface area (Å²) in [5.41, 5.74) is 7.56. The van der Waals surface area contributed by atoms with E-state index in [4.69, 9.17) is 15.2 Å². The minimum absolute atomic E-state index is 0.0787. The second-order valence-corrected chi connectivity index (χ2v) is 4.03. The van der Waals surface area contributed by atoms with Gasteiger partial charge < -0.3 is 20.3 Å². The van der Waals surface area contributed by atoms with E-state index in [0.29, 0.717) is 23.5 Å². The molecule has 0 aliphatic heterocycles. The molecule has 0 amide bonds. The van der Waals surface area contributed by atoms with Crippen molar-refractivity contribution in [3.8, 4) is 17.2 Å². The smallest absolute Gasteiger partial charge is 0.131 e. The van der Waals surface area contributed by atoms with Crippen LogP contribution in [-0.4, -0.2) is 19.3 Å². The molecule has 0 aliphatic rings. The predicted octanol–water partition coefficient (Wildman–Crippen LogP) is 2.38. The Morgan fingerprint density at radius 1 is 1.41 bits per heavy atom. The first-order valence-electron chi connectivity index (χ1n) is 5.34. The SMILES string of the molecule is C=C(C)C[C@@H](N)c1c(O)cc(OC)cc1OC. The van der Waals surface area contributed by atoms with Crippen molar-refractivity contribution in [3.05, 3.63) is 29.8 Å². The highest BCUT2D eigenvalue weighted by molar-refractivity contribution is 5.51. The molecule has 17 heavy (non-hydrogen) atoms. The molecular weight excluding hydrogens is 218 g/mol. The highest BCUT2D eigenvalue weighted by atomic mass is 16.5. The van der Waals surface area contributed by atoms with E-state index < -0.39 is 0 Å². The molecule has 0 heterocycles. The van der Waals surface area contributed by atoms with Crippen molar-refractivity contribution in [1.82, 2.24) is 0 Å². The zero-order valence-corrected chi connectivity index (χ0v) is 10.5. The van der Waals surface area contributed by atoms with E-state index in [1.807, 2.05) is 6.92 Å². The summed E-state index contributed by atoms with van der Waals surface area (Å²) in [7, 11) is 3.06. The van der Waals surface area contributed by atoms with Crippen LogP contribution < -0.4 is 15.2 Å². The van der Waals surface area contributed by atoms with E-state index in [2.05, 4.69) is 6.58 Å². The molecule has 4 heteroatoms. The Hall–Kier alpha value is -1.68. The number of nitrogens with two attached hydrogens (primary N) is 1. The van der Waals surface area contributed by atoms with Gasteiger partial charge in [-0.1, -0.05) is 5.57 Å². The van der Waals surface area contributed by atoms with Crippen molar-refractivity contribution in [1.29, 1.82) is 0 Å². The molecule has 1 atom stereocenters. The molecule has 1 aromatic carbocycles. The summed E-state index contributed by atoms with van der Waals surface area (Å²) in [5.74, 6) is 1.14. The third kappa shape index (κ3) is 3.14. The van der Waals surface area contributed by atoms with Crippen LogP contribution in [0.15, 0.2) is 24.3 Å². The summed E-state index contributed by atoms with van der Waals surface area (Å²) in [6, 6.07) is 2.89. The van der Waals surface area contributed by atoms with Crippen molar-refractivity contribution in [2.45, 2.75) is 19.4 Å².